The molecule has 1 N–H and O–H groups in total. The van der Waals surface area contributed by atoms with Crippen molar-refractivity contribution in [3.05, 3.63) is 76.2 Å². The van der Waals surface area contributed by atoms with Gasteiger partial charge in [0.15, 0.2) is 5.75 Å². The van der Waals surface area contributed by atoms with Gasteiger partial charge in [-0.25, -0.2) is 9.97 Å². The van der Waals surface area contributed by atoms with E-state index in [1.165, 1.54) is 18.5 Å². The van der Waals surface area contributed by atoms with Crippen molar-refractivity contribution in [1.82, 2.24) is 9.97 Å². The number of hydrogen-bond acceptors (Lipinski definition) is 6. The Balaban J connectivity index is 1.93. The molecule has 1 heterocycles. The first-order valence-electron chi connectivity index (χ1n) is 7.49. The van der Waals surface area contributed by atoms with Gasteiger partial charge in [0.2, 0.25) is 0 Å². The SMILES string of the molecule is COc1ccccc1-c1cc(Cc2ccc(O)c([N+](=O)[O-])c2)ncn1. The standard InChI is InChI=1S/C18H15N3O4/c1-25-18-5-3-2-4-14(18)15-10-13(19-11-20-15)8-12-6-7-17(22)16(9-12)21(23)24/h2-7,9-11,22H,8H2,1H3. The van der Waals surface area contributed by atoms with E-state index in [0.29, 0.717) is 29.1 Å². The molecule has 7 nitrogen and oxygen atoms in total. The van der Waals surface area contributed by atoms with E-state index in [2.05, 4.69) is 9.97 Å². The summed E-state index contributed by atoms with van der Waals surface area (Å²) in [7, 11) is 1.59. The lowest BCUT2D eigenvalue weighted by atomic mass is 10.1. The summed E-state index contributed by atoms with van der Waals surface area (Å²) in [6.07, 6.45) is 1.83. The van der Waals surface area contributed by atoms with Crippen LogP contribution in [-0.2, 0) is 6.42 Å². The van der Waals surface area contributed by atoms with E-state index in [0.717, 1.165) is 5.56 Å². The summed E-state index contributed by atoms with van der Waals surface area (Å²) in [4.78, 5) is 18.8. The van der Waals surface area contributed by atoms with Gasteiger partial charge in [-0.1, -0.05) is 18.2 Å². The normalized spacial score (nSPS) is 10.4. The van der Waals surface area contributed by atoms with Gasteiger partial charge in [-0.05, 0) is 29.8 Å². The number of benzene rings is 2. The molecule has 0 atom stereocenters. The average molecular weight is 337 g/mol. The van der Waals surface area contributed by atoms with E-state index in [4.69, 9.17) is 4.74 Å². The highest BCUT2D eigenvalue weighted by Gasteiger charge is 2.14. The summed E-state index contributed by atoms with van der Waals surface area (Å²) < 4.78 is 5.35. The van der Waals surface area contributed by atoms with Crippen molar-refractivity contribution in [2.45, 2.75) is 6.42 Å². The Labute approximate surface area is 143 Å². The van der Waals surface area contributed by atoms with Crippen LogP contribution in [0.15, 0.2) is 54.9 Å². The molecule has 0 saturated carbocycles. The molecule has 0 aliphatic rings. The molecule has 126 valence electrons. The quantitative estimate of drug-likeness (QED) is 0.566. The van der Waals surface area contributed by atoms with Gasteiger partial charge in [-0.15, -0.1) is 0 Å². The third-order valence-electron chi connectivity index (χ3n) is 3.73. The summed E-state index contributed by atoms with van der Waals surface area (Å²) in [5.41, 5.74) is 2.60. The Hall–Kier alpha value is -3.48. The fourth-order valence-electron chi connectivity index (χ4n) is 2.53. The van der Waals surface area contributed by atoms with Crippen LogP contribution in [0.5, 0.6) is 11.5 Å². The maximum Gasteiger partial charge on any atom is 0.310 e. The van der Waals surface area contributed by atoms with Crippen LogP contribution < -0.4 is 4.74 Å². The van der Waals surface area contributed by atoms with Crippen LogP contribution in [0, 0.1) is 10.1 Å². The first-order chi connectivity index (χ1) is 12.1. The fraction of sp³-hybridized carbons (Fsp3) is 0.111. The third kappa shape index (κ3) is 3.55. The minimum absolute atomic E-state index is 0.323. The van der Waals surface area contributed by atoms with Crippen molar-refractivity contribution in [3.8, 4) is 22.8 Å². The number of nitro groups is 1. The van der Waals surface area contributed by atoms with Crippen molar-refractivity contribution in [1.29, 1.82) is 0 Å². The van der Waals surface area contributed by atoms with Crippen LogP contribution in [-0.4, -0.2) is 27.1 Å². The molecule has 25 heavy (non-hydrogen) atoms. The van der Waals surface area contributed by atoms with Gasteiger partial charge in [-0.3, -0.25) is 10.1 Å². The van der Waals surface area contributed by atoms with Crippen molar-refractivity contribution < 1.29 is 14.8 Å². The highest BCUT2D eigenvalue weighted by atomic mass is 16.6. The van der Waals surface area contributed by atoms with Crippen molar-refractivity contribution in [2.24, 2.45) is 0 Å². The van der Waals surface area contributed by atoms with Crippen LogP contribution in [0.4, 0.5) is 5.69 Å². The number of para-hydroxylation sites is 1. The van der Waals surface area contributed by atoms with Crippen molar-refractivity contribution in [2.75, 3.05) is 7.11 Å². The van der Waals surface area contributed by atoms with Crippen LogP contribution in [0.2, 0.25) is 0 Å². The Kier molecular flexibility index (Phi) is 4.56. The number of aromatic nitrogens is 2. The molecule has 0 aliphatic carbocycles. The van der Waals surface area contributed by atoms with Gasteiger partial charge in [0.05, 0.1) is 17.7 Å². The second kappa shape index (κ2) is 6.96. The predicted molar refractivity (Wildman–Crippen MR) is 91.6 cm³/mol. The molecule has 3 aromatic rings. The molecular weight excluding hydrogens is 322 g/mol. The summed E-state index contributed by atoms with van der Waals surface area (Å²) in [6.45, 7) is 0. The second-order valence-electron chi connectivity index (χ2n) is 5.35. The van der Waals surface area contributed by atoms with Gasteiger partial charge in [0, 0.05) is 23.7 Å². The van der Waals surface area contributed by atoms with E-state index in [9.17, 15) is 15.2 Å². The monoisotopic (exact) mass is 337 g/mol. The predicted octanol–water partition coefficient (Wildman–Crippen LogP) is 3.36. The summed E-state index contributed by atoms with van der Waals surface area (Å²) >= 11 is 0. The number of rotatable bonds is 5. The number of hydrogen-bond donors (Lipinski definition) is 1. The number of phenols is 1. The zero-order valence-corrected chi connectivity index (χ0v) is 13.4. The zero-order valence-electron chi connectivity index (χ0n) is 13.4. The first-order valence-corrected chi connectivity index (χ1v) is 7.49. The third-order valence-corrected chi connectivity index (χ3v) is 3.73. The molecular formula is C18H15N3O4. The number of nitrogens with zero attached hydrogens (tertiary/aromatic N) is 3. The second-order valence-corrected chi connectivity index (χ2v) is 5.35. The molecule has 3 rings (SSSR count). The minimum atomic E-state index is -0.612. The number of nitro benzene ring substituents is 1. The lowest BCUT2D eigenvalue weighted by Gasteiger charge is -2.08. The average Bonchev–Trinajstić information content (AvgIpc) is 2.63. The largest absolute Gasteiger partial charge is 0.502 e. The number of methoxy groups -OCH3 is 1. The van der Waals surface area contributed by atoms with E-state index >= 15 is 0 Å². The highest BCUT2D eigenvalue weighted by Crippen LogP contribution is 2.29. The molecule has 2 aromatic carbocycles. The van der Waals surface area contributed by atoms with E-state index in [-0.39, 0.29) is 11.4 Å². The Bertz CT molecular complexity index is 928. The number of phenolic OH excluding ortho intramolecular Hbond substituents is 1. The van der Waals surface area contributed by atoms with Crippen LogP contribution in [0.25, 0.3) is 11.3 Å². The van der Waals surface area contributed by atoms with E-state index < -0.39 is 4.92 Å². The molecule has 0 amide bonds. The first kappa shape index (κ1) is 16.4. The summed E-state index contributed by atoms with van der Waals surface area (Å²) in [5.74, 6) is 0.346. The van der Waals surface area contributed by atoms with Crippen molar-refractivity contribution >= 4 is 5.69 Å². The van der Waals surface area contributed by atoms with Gasteiger partial charge >= 0.3 is 5.69 Å². The molecule has 1 aromatic heterocycles. The topological polar surface area (TPSA) is 98.4 Å². The molecule has 7 heteroatoms. The Morgan fingerprint density at radius 2 is 1.96 bits per heavy atom. The molecule has 0 bridgehead atoms. The summed E-state index contributed by atoms with van der Waals surface area (Å²) in [5, 5.41) is 20.5. The van der Waals surface area contributed by atoms with Crippen LogP contribution in [0.1, 0.15) is 11.3 Å². The molecule has 0 fully saturated rings. The van der Waals surface area contributed by atoms with Gasteiger partial charge in [0.1, 0.15) is 12.1 Å². The van der Waals surface area contributed by atoms with Gasteiger partial charge in [-0.2, -0.15) is 0 Å². The Morgan fingerprint density at radius 3 is 2.72 bits per heavy atom. The highest BCUT2D eigenvalue weighted by molar-refractivity contribution is 5.67. The van der Waals surface area contributed by atoms with Gasteiger partial charge < -0.3 is 9.84 Å². The number of ether oxygens (including phenoxy) is 1. The maximum absolute atomic E-state index is 10.9. The minimum Gasteiger partial charge on any atom is -0.502 e. The number of aromatic hydroxyl groups is 1. The van der Waals surface area contributed by atoms with E-state index in [1.807, 2.05) is 30.3 Å². The zero-order chi connectivity index (χ0) is 17.8. The Morgan fingerprint density at radius 1 is 1.16 bits per heavy atom. The van der Waals surface area contributed by atoms with Crippen molar-refractivity contribution in [3.63, 3.8) is 0 Å². The summed E-state index contributed by atoms with van der Waals surface area (Å²) in [6, 6.07) is 13.6. The lowest BCUT2D eigenvalue weighted by Crippen LogP contribution is -1.97. The molecule has 0 aliphatic heterocycles. The maximum atomic E-state index is 10.9. The van der Waals surface area contributed by atoms with Crippen LogP contribution in [0.3, 0.4) is 0 Å². The molecule has 0 unspecified atom stereocenters. The van der Waals surface area contributed by atoms with Crippen LogP contribution >= 0.6 is 0 Å². The molecule has 0 spiro atoms. The molecule has 0 radical (unpaired) electrons. The fourth-order valence-corrected chi connectivity index (χ4v) is 2.53. The smallest absolute Gasteiger partial charge is 0.310 e. The molecule has 0 saturated heterocycles. The lowest BCUT2D eigenvalue weighted by molar-refractivity contribution is -0.385. The van der Waals surface area contributed by atoms with Gasteiger partial charge in [0.25, 0.3) is 0 Å². The van der Waals surface area contributed by atoms with E-state index in [1.54, 1.807) is 13.2 Å².